The van der Waals surface area contributed by atoms with Gasteiger partial charge in [-0.2, -0.15) is 16.5 Å². The van der Waals surface area contributed by atoms with Gasteiger partial charge in [-0.25, -0.2) is 13.2 Å². The molecule has 0 saturated carbocycles. The Morgan fingerprint density at radius 1 is 1.19 bits per heavy atom. The van der Waals surface area contributed by atoms with Crippen molar-refractivity contribution in [3.05, 3.63) is 58.6 Å². The van der Waals surface area contributed by atoms with Gasteiger partial charge in [-0.05, 0) is 56.5 Å². The second kappa shape index (κ2) is 10.7. The van der Waals surface area contributed by atoms with E-state index >= 15 is 0 Å². The average Bonchev–Trinajstić information content (AvgIpc) is 3.14. The molecule has 3 aromatic rings. The first-order valence-electron chi connectivity index (χ1n) is 11.8. The highest BCUT2D eigenvalue weighted by atomic mass is 32.2. The Labute approximate surface area is 215 Å². The molecule has 0 unspecified atom stereocenters. The maximum atomic E-state index is 13.5. The molecule has 1 amide bonds. The second-order valence-corrected chi connectivity index (χ2v) is 11.9. The molecule has 9 nitrogen and oxygen atoms in total. The summed E-state index contributed by atoms with van der Waals surface area (Å²) >= 11 is 1.56. The van der Waals surface area contributed by atoms with Gasteiger partial charge in [-0.3, -0.25) is 9.36 Å². The molecule has 4 rings (SSSR count). The van der Waals surface area contributed by atoms with Gasteiger partial charge >= 0.3 is 5.76 Å². The first-order valence-corrected chi connectivity index (χ1v) is 14.7. The number of carbonyl (C=O) groups excluding carboxylic acids is 1. The van der Waals surface area contributed by atoms with Crippen molar-refractivity contribution >= 4 is 44.5 Å². The lowest BCUT2D eigenvalue weighted by atomic mass is 10.1. The average molecular weight is 533 g/mol. The van der Waals surface area contributed by atoms with E-state index in [2.05, 4.69) is 40.8 Å². The van der Waals surface area contributed by atoms with Gasteiger partial charge in [0.05, 0.1) is 10.4 Å². The minimum Gasteiger partial charge on any atom is -0.408 e. The van der Waals surface area contributed by atoms with Crippen LogP contribution in [0.15, 0.2) is 56.6 Å². The summed E-state index contributed by atoms with van der Waals surface area (Å²) in [7, 11) is -2.48. The molecule has 2 atom stereocenters. The van der Waals surface area contributed by atoms with Crippen LogP contribution in [0.1, 0.15) is 18.9 Å². The van der Waals surface area contributed by atoms with Crippen LogP contribution in [0.2, 0.25) is 0 Å². The van der Waals surface area contributed by atoms with E-state index in [1.807, 2.05) is 13.2 Å². The lowest BCUT2D eigenvalue weighted by Gasteiger charge is -2.42. The van der Waals surface area contributed by atoms with Crippen LogP contribution in [-0.2, 0) is 21.9 Å². The summed E-state index contributed by atoms with van der Waals surface area (Å²) < 4.78 is 35.5. The highest BCUT2D eigenvalue weighted by Gasteiger charge is 2.33. The molecule has 1 fully saturated rings. The lowest BCUT2D eigenvalue weighted by molar-refractivity contribution is -0.133. The van der Waals surface area contributed by atoms with Crippen molar-refractivity contribution in [2.75, 3.05) is 36.5 Å². The number of aromatic nitrogens is 1. The van der Waals surface area contributed by atoms with Crippen molar-refractivity contribution in [3.63, 3.8) is 0 Å². The summed E-state index contributed by atoms with van der Waals surface area (Å²) in [6.07, 6.45) is 2.29. The third kappa shape index (κ3) is 5.47. The van der Waals surface area contributed by atoms with E-state index < -0.39 is 21.8 Å². The van der Waals surface area contributed by atoms with Crippen molar-refractivity contribution in [1.82, 2.24) is 14.2 Å². The topological polar surface area (TPSA) is 105 Å². The normalized spacial score (nSPS) is 17.5. The molecular formula is C25H32N4O5S2. The summed E-state index contributed by atoms with van der Waals surface area (Å²) in [5, 5.41) is 0. The van der Waals surface area contributed by atoms with E-state index in [0.29, 0.717) is 37.3 Å². The number of aryl methyl sites for hydroxylation is 2. The van der Waals surface area contributed by atoms with E-state index in [9.17, 15) is 18.0 Å². The van der Waals surface area contributed by atoms with Crippen LogP contribution in [0, 0.1) is 6.92 Å². The Morgan fingerprint density at radius 2 is 1.92 bits per heavy atom. The summed E-state index contributed by atoms with van der Waals surface area (Å²) in [5.74, 6) is -0.167. The molecule has 1 saturated heterocycles. The molecule has 194 valence electrons. The Bertz CT molecular complexity index is 1400. The summed E-state index contributed by atoms with van der Waals surface area (Å²) in [6, 6.07) is 11.8. The fraction of sp³-hybridized carbons (Fsp3) is 0.440. The molecule has 36 heavy (non-hydrogen) atoms. The third-order valence-corrected chi connectivity index (χ3v) is 8.70. The van der Waals surface area contributed by atoms with Gasteiger partial charge in [-0.1, -0.05) is 17.7 Å². The Balaban J connectivity index is 1.51. The fourth-order valence-electron chi connectivity index (χ4n) is 4.50. The summed E-state index contributed by atoms with van der Waals surface area (Å²) in [5.41, 5.74) is 2.98. The number of amides is 1. The number of rotatable bonds is 8. The van der Waals surface area contributed by atoms with Gasteiger partial charge in [0, 0.05) is 44.5 Å². The van der Waals surface area contributed by atoms with E-state index in [1.165, 1.54) is 28.3 Å². The quantitative estimate of drug-likeness (QED) is 0.475. The molecule has 1 aliphatic heterocycles. The highest BCUT2D eigenvalue weighted by Crippen LogP contribution is 2.23. The first-order chi connectivity index (χ1) is 17.1. The number of anilines is 1. The minimum absolute atomic E-state index is 0.0520. The number of carbonyl (C=O) groups is 1. The number of benzene rings is 2. The van der Waals surface area contributed by atoms with Crippen LogP contribution < -0.4 is 15.4 Å². The van der Waals surface area contributed by atoms with Gasteiger partial charge in [0.2, 0.25) is 15.9 Å². The standard InChI is InChI=1S/C25H32N4O5S2/c1-17-5-7-19(8-6-17)29-13-12-28(16-18(29)2)24(30)21(11-14-35-4)26-36(32,33)20-9-10-22-23(15-20)34-25(31)27(22)3/h5-10,15,18,21,26H,11-14,16H2,1-4H3/t18-,21+/m0/s1. The number of oxazole rings is 1. The Hall–Kier alpha value is -2.76. The largest absolute Gasteiger partial charge is 0.419 e. The number of nitrogens with zero attached hydrogens (tertiary/aromatic N) is 3. The fourth-order valence-corrected chi connectivity index (χ4v) is 6.21. The number of sulfonamides is 1. The van der Waals surface area contributed by atoms with Crippen LogP contribution in [0.3, 0.4) is 0 Å². The van der Waals surface area contributed by atoms with Crippen molar-refractivity contribution in [3.8, 4) is 0 Å². The molecule has 0 spiro atoms. The van der Waals surface area contributed by atoms with Crippen LogP contribution in [0.4, 0.5) is 5.69 Å². The molecule has 2 aromatic carbocycles. The molecular weight excluding hydrogens is 500 g/mol. The molecule has 2 heterocycles. The molecule has 1 aliphatic rings. The molecule has 1 N–H and O–H groups in total. The predicted octanol–water partition coefficient (Wildman–Crippen LogP) is 2.58. The number of hydrogen-bond donors (Lipinski definition) is 1. The number of nitrogens with one attached hydrogen (secondary N) is 1. The van der Waals surface area contributed by atoms with Gasteiger partial charge in [0.15, 0.2) is 5.58 Å². The number of thioether (sulfide) groups is 1. The number of piperazine rings is 1. The van der Waals surface area contributed by atoms with E-state index in [0.717, 1.165) is 5.69 Å². The molecule has 0 radical (unpaired) electrons. The second-order valence-electron chi connectivity index (χ2n) is 9.17. The van der Waals surface area contributed by atoms with Crippen molar-refractivity contribution in [2.24, 2.45) is 7.05 Å². The van der Waals surface area contributed by atoms with Crippen molar-refractivity contribution in [2.45, 2.75) is 37.2 Å². The van der Waals surface area contributed by atoms with Gasteiger partial charge < -0.3 is 14.2 Å². The molecule has 1 aromatic heterocycles. The lowest BCUT2D eigenvalue weighted by Crippen LogP contribution is -2.58. The van der Waals surface area contributed by atoms with E-state index in [-0.39, 0.29) is 22.4 Å². The zero-order valence-corrected chi connectivity index (χ0v) is 22.6. The Morgan fingerprint density at radius 3 is 2.58 bits per heavy atom. The maximum absolute atomic E-state index is 13.5. The van der Waals surface area contributed by atoms with Crippen LogP contribution in [-0.4, -0.2) is 67.5 Å². The number of hydrogen-bond acceptors (Lipinski definition) is 7. The summed E-state index contributed by atoms with van der Waals surface area (Å²) in [6.45, 7) is 5.80. The Kier molecular flexibility index (Phi) is 7.82. The predicted molar refractivity (Wildman–Crippen MR) is 143 cm³/mol. The van der Waals surface area contributed by atoms with E-state index in [1.54, 1.807) is 23.7 Å². The SMILES string of the molecule is CSCC[C@@H](NS(=O)(=O)c1ccc2c(c1)oc(=O)n2C)C(=O)N1CCN(c2ccc(C)cc2)[C@@H](C)C1. The molecule has 11 heteroatoms. The van der Waals surface area contributed by atoms with Crippen LogP contribution in [0.25, 0.3) is 11.1 Å². The van der Waals surface area contributed by atoms with Crippen molar-refractivity contribution < 1.29 is 17.6 Å². The van der Waals surface area contributed by atoms with Gasteiger partial charge in [0.1, 0.15) is 6.04 Å². The van der Waals surface area contributed by atoms with E-state index in [4.69, 9.17) is 4.42 Å². The van der Waals surface area contributed by atoms with Gasteiger partial charge in [-0.15, -0.1) is 0 Å². The van der Waals surface area contributed by atoms with Crippen molar-refractivity contribution in [1.29, 1.82) is 0 Å². The number of fused-ring (bicyclic) bond motifs is 1. The molecule has 0 bridgehead atoms. The smallest absolute Gasteiger partial charge is 0.408 e. The first kappa shape index (κ1) is 26.3. The highest BCUT2D eigenvalue weighted by molar-refractivity contribution is 7.98. The maximum Gasteiger partial charge on any atom is 0.419 e. The monoisotopic (exact) mass is 532 g/mol. The zero-order valence-electron chi connectivity index (χ0n) is 20.9. The van der Waals surface area contributed by atoms with Crippen LogP contribution >= 0.6 is 11.8 Å². The van der Waals surface area contributed by atoms with Gasteiger partial charge in [0.25, 0.3) is 0 Å². The molecule has 0 aliphatic carbocycles. The zero-order chi connectivity index (χ0) is 26.0. The van der Waals surface area contributed by atoms with Crippen LogP contribution in [0.5, 0.6) is 0 Å². The summed E-state index contributed by atoms with van der Waals surface area (Å²) in [4.78, 5) is 29.3. The third-order valence-electron chi connectivity index (χ3n) is 6.58. The minimum atomic E-state index is -4.03.